The zero-order valence-electron chi connectivity index (χ0n) is 11.5. The minimum absolute atomic E-state index is 0.454. The number of nitrogens with zero attached hydrogens (tertiary/aromatic N) is 1. The maximum atomic E-state index is 12.3. The summed E-state index contributed by atoms with van der Waals surface area (Å²) in [6.07, 6.45) is -1.06. The van der Waals surface area contributed by atoms with Crippen LogP contribution in [-0.2, 0) is 9.53 Å². The third-order valence-corrected chi connectivity index (χ3v) is 4.35. The molecule has 4 atom stereocenters. The highest BCUT2D eigenvalue weighted by atomic mass is 79.9. The second-order valence-electron chi connectivity index (χ2n) is 4.79. The predicted molar refractivity (Wildman–Crippen MR) is 80.9 cm³/mol. The number of ether oxygens (including phenoxy) is 1. The summed E-state index contributed by atoms with van der Waals surface area (Å²) in [4.78, 5) is 24.4. The molecule has 1 aromatic carbocycles. The first-order chi connectivity index (χ1) is 9.97. The number of cyclic esters (lactones) is 1. The molecule has 0 aliphatic carbocycles. The molecule has 0 spiro atoms. The highest BCUT2D eigenvalue weighted by Crippen LogP contribution is 2.33. The first-order valence-corrected chi connectivity index (χ1v) is 7.42. The lowest BCUT2D eigenvalue weighted by Gasteiger charge is -2.22. The number of hydrogen-bond acceptors (Lipinski definition) is 4. The van der Waals surface area contributed by atoms with Crippen molar-refractivity contribution in [3.05, 3.63) is 48.6 Å². The zero-order chi connectivity index (χ0) is 15.6. The molecule has 1 aromatic rings. The van der Waals surface area contributed by atoms with E-state index < -0.39 is 35.1 Å². The van der Waals surface area contributed by atoms with Gasteiger partial charge in [-0.3, -0.25) is 4.79 Å². The summed E-state index contributed by atoms with van der Waals surface area (Å²) in [7, 11) is 0. The van der Waals surface area contributed by atoms with Crippen LogP contribution in [0.25, 0.3) is 0 Å². The van der Waals surface area contributed by atoms with Crippen LogP contribution < -0.4 is 0 Å². The fourth-order valence-corrected chi connectivity index (χ4v) is 2.68. The summed E-state index contributed by atoms with van der Waals surface area (Å²) >= 11 is 3.09. The fourth-order valence-electron chi connectivity index (χ4n) is 2.24. The molecule has 0 bridgehead atoms. The van der Waals surface area contributed by atoms with Crippen LogP contribution >= 0.6 is 15.9 Å². The first kappa shape index (κ1) is 15.7. The van der Waals surface area contributed by atoms with Crippen LogP contribution in [0.2, 0.25) is 0 Å². The maximum absolute atomic E-state index is 12.3. The van der Waals surface area contributed by atoms with Crippen LogP contribution in [0.15, 0.2) is 43.0 Å². The number of halogens is 1. The maximum Gasteiger partial charge on any atom is 0.417 e. The quantitative estimate of drug-likeness (QED) is 0.666. The Kier molecular flexibility index (Phi) is 4.80. The number of aliphatic hydroxyl groups is 1. The first-order valence-electron chi connectivity index (χ1n) is 6.50. The van der Waals surface area contributed by atoms with Crippen molar-refractivity contribution in [1.29, 1.82) is 0 Å². The van der Waals surface area contributed by atoms with Gasteiger partial charge in [-0.05, 0) is 12.5 Å². The summed E-state index contributed by atoms with van der Waals surface area (Å²) in [6.45, 7) is 5.16. The van der Waals surface area contributed by atoms with Gasteiger partial charge in [0.05, 0.1) is 12.1 Å². The molecule has 1 heterocycles. The third-order valence-electron chi connectivity index (χ3n) is 3.41. The minimum Gasteiger partial charge on any atom is -0.439 e. The van der Waals surface area contributed by atoms with Crippen molar-refractivity contribution < 1.29 is 19.4 Å². The van der Waals surface area contributed by atoms with E-state index in [4.69, 9.17) is 4.74 Å². The summed E-state index contributed by atoms with van der Waals surface area (Å²) in [6, 6.07) is 8.77. The summed E-state index contributed by atoms with van der Waals surface area (Å²) in [5, 5.41) is 9.65. The summed E-state index contributed by atoms with van der Waals surface area (Å²) in [5.74, 6) is -0.543. The Hall–Kier alpha value is -1.66. The number of carbonyl (C=O) groups is 2. The van der Waals surface area contributed by atoms with Crippen LogP contribution in [0.5, 0.6) is 0 Å². The number of imide groups is 1. The van der Waals surface area contributed by atoms with Gasteiger partial charge in [-0.2, -0.15) is 0 Å². The Morgan fingerprint density at radius 1 is 1.48 bits per heavy atom. The van der Waals surface area contributed by atoms with E-state index in [1.165, 1.54) is 6.08 Å². The van der Waals surface area contributed by atoms with Crippen LogP contribution in [0.3, 0.4) is 0 Å². The number of alkyl halides is 1. The molecule has 0 aromatic heterocycles. The van der Waals surface area contributed by atoms with Crippen LogP contribution in [0.1, 0.15) is 18.6 Å². The predicted octanol–water partition coefficient (Wildman–Crippen LogP) is 2.41. The van der Waals surface area contributed by atoms with Crippen LogP contribution in [0, 0.1) is 0 Å². The zero-order valence-corrected chi connectivity index (χ0v) is 13.1. The van der Waals surface area contributed by atoms with E-state index in [2.05, 4.69) is 22.5 Å². The van der Waals surface area contributed by atoms with E-state index in [0.717, 1.165) is 10.5 Å². The Morgan fingerprint density at radius 3 is 2.67 bits per heavy atom. The van der Waals surface area contributed by atoms with Gasteiger partial charge in [-0.15, -0.1) is 6.58 Å². The van der Waals surface area contributed by atoms with Gasteiger partial charge in [0.1, 0.15) is 10.9 Å². The molecule has 1 fully saturated rings. The van der Waals surface area contributed by atoms with Gasteiger partial charge in [0.25, 0.3) is 0 Å². The van der Waals surface area contributed by atoms with E-state index in [0.29, 0.717) is 0 Å². The SMILES string of the molecule is C=C[C@@H](O)[C@H](Br)C(=O)N1C(=O)O[C@H](c2ccccc2)[C@@H]1C. The molecule has 2 rings (SSSR count). The van der Waals surface area contributed by atoms with E-state index in [-0.39, 0.29) is 0 Å². The molecule has 6 heteroatoms. The molecule has 5 nitrogen and oxygen atoms in total. The van der Waals surface area contributed by atoms with Crippen molar-refractivity contribution in [2.24, 2.45) is 0 Å². The van der Waals surface area contributed by atoms with E-state index in [9.17, 15) is 14.7 Å². The van der Waals surface area contributed by atoms with Gasteiger partial charge < -0.3 is 9.84 Å². The van der Waals surface area contributed by atoms with Gasteiger partial charge in [-0.1, -0.05) is 52.3 Å². The number of rotatable bonds is 4. The van der Waals surface area contributed by atoms with Crippen molar-refractivity contribution in [2.75, 3.05) is 0 Å². The second kappa shape index (κ2) is 6.41. The van der Waals surface area contributed by atoms with Gasteiger partial charge in [0.15, 0.2) is 0 Å². The summed E-state index contributed by atoms with van der Waals surface area (Å²) < 4.78 is 5.29. The number of hydrogen-bond donors (Lipinski definition) is 1. The van der Waals surface area contributed by atoms with Crippen LogP contribution in [0.4, 0.5) is 4.79 Å². The van der Waals surface area contributed by atoms with Gasteiger partial charge in [0, 0.05) is 0 Å². The molecule has 1 aliphatic heterocycles. The standard InChI is InChI=1S/C15H16BrNO4/c1-3-11(18)12(16)14(19)17-9(2)13(21-15(17)20)10-7-5-4-6-8-10/h3-9,11-13,18H,1H2,2H3/t9-,11+,12-,13-/m0/s1. The lowest BCUT2D eigenvalue weighted by atomic mass is 10.0. The monoisotopic (exact) mass is 353 g/mol. The van der Waals surface area contributed by atoms with E-state index >= 15 is 0 Å². The Labute approximate surface area is 131 Å². The highest BCUT2D eigenvalue weighted by molar-refractivity contribution is 9.10. The lowest BCUT2D eigenvalue weighted by Crippen LogP contribution is -2.45. The van der Waals surface area contributed by atoms with Gasteiger partial charge in [-0.25, -0.2) is 9.69 Å². The fraction of sp³-hybridized carbons (Fsp3) is 0.333. The molecule has 0 radical (unpaired) electrons. The smallest absolute Gasteiger partial charge is 0.417 e. The number of aliphatic hydroxyl groups excluding tert-OH is 1. The average Bonchev–Trinajstić information content (AvgIpc) is 2.80. The van der Waals surface area contributed by atoms with Gasteiger partial charge in [0.2, 0.25) is 5.91 Å². The molecule has 1 saturated heterocycles. The van der Waals surface area contributed by atoms with Crippen molar-refractivity contribution >= 4 is 27.9 Å². The second-order valence-corrected chi connectivity index (χ2v) is 5.78. The Morgan fingerprint density at radius 2 is 2.10 bits per heavy atom. The van der Waals surface area contributed by atoms with Gasteiger partial charge >= 0.3 is 6.09 Å². The van der Waals surface area contributed by atoms with Crippen molar-refractivity contribution in [3.8, 4) is 0 Å². The van der Waals surface area contributed by atoms with Crippen molar-refractivity contribution in [1.82, 2.24) is 4.90 Å². The lowest BCUT2D eigenvalue weighted by molar-refractivity contribution is -0.129. The topological polar surface area (TPSA) is 66.8 Å². The molecule has 2 amide bonds. The van der Waals surface area contributed by atoms with Crippen LogP contribution in [-0.4, -0.2) is 39.0 Å². The molecule has 1 N–H and O–H groups in total. The minimum atomic E-state index is -1.08. The van der Waals surface area contributed by atoms with Crippen molar-refractivity contribution in [3.63, 3.8) is 0 Å². The average molecular weight is 354 g/mol. The molecule has 112 valence electrons. The molecule has 0 unspecified atom stereocenters. The highest BCUT2D eigenvalue weighted by Gasteiger charge is 2.45. The Bertz CT molecular complexity index is 548. The number of benzene rings is 1. The summed E-state index contributed by atoms with van der Waals surface area (Å²) in [5.41, 5.74) is 0.823. The molecule has 0 saturated carbocycles. The largest absolute Gasteiger partial charge is 0.439 e. The molecule has 1 aliphatic rings. The Balaban J connectivity index is 2.21. The van der Waals surface area contributed by atoms with E-state index in [1.54, 1.807) is 6.92 Å². The molecule has 21 heavy (non-hydrogen) atoms. The normalized spacial score (nSPS) is 24.3. The number of carbonyl (C=O) groups excluding carboxylic acids is 2. The third kappa shape index (κ3) is 3.01. The molecular formula is C15H16BrNO4. The van der Waals surface area contributed by atoms with Crippen molar-refractivity contribution in [2.45, 2.75) is 30.0 Å². The number of amides is 2. The van der Waals surface area contributed by atoms with E-state index in [1.807, 2.05) is 30.3 Å². The molecular weight excluding hydrogens is 338 g/mol.